The number of esters is 1. The Hall–Kier alpha value is -5.07. The molecule has 2 aromatic heterocycles. The van der Waals surface area contributed by atoms with Gasteiger partial charge in [0.05, 0.1) is 30.1 Å². The van der Waals surface area contributed by atoms with Gasteiger partial charge in [-0.15, -0.1) is 0 Å². The predicted molar refractivity (Wildman–Crippen MR) is 264 cm³/mol. The van der Waals surface area contributed by atoms with Crippen LogP contribution in [0.2, 0.25) is 0 Å². The van der Waals surface area contributed by atoms with Gasteiger partial charge < -0.3 is 29.3 Å². The maximum atomic E-state index is 14.8. The van der Waals surface area contributed by atoms with Crippen molar-refractivity contribution in [3.05, 3.63) is 78.1 Å². The number of rotatable bonds is 10. The molecule has 2 saturated heterocycles. The molecule has 354 valence electrons. The van der Waals surface area contributed by atoms with Gasteiger partial charge in [-0.2, -0.15) is 5.10 Å². The number of aryl methyl sites for hydroxylation is 2. The van der Waals surface area contributed by atoms with Crippen molar-refractivity contribution in [2.24, 2.45) is 24.3 Å². The van der Waals surface area contributed by atoms with Crippen LogP contribution in [-0.2, 0) is 61.7 Å². The minimum absolute atomic E-state index is 0.134. The maximum absolute atomic E-state index is 14.8. The number of hydrogen-bond acceptors (Lipinski definition) is 9. The predicted octanol–water partition coefficient (Wildman–Crippen LogP) is 5.72. The summed E-state index contributed by atoms with van der Waals surface area (Å²) in [5, 5.41) is 10.4. The Bertz CT molecular complexity index is 2530. The molecule has 4 amide bonds. The first-order valence-corrected chi connectivity index (χ1v) is 24.2. The molecular weight excluding hydrogens is 950 g/mol. The summed E-state index contributed by atoms with van der Waals surface area (Å²) in [6, 6.07) is 12.7. The van der Waals surface area contributed by atoms with Crippen LogP contribution in [0.4, 0.5) is 0 Å². The Morgan fingerprint density at radius 2 is 1.83 bits per heavy atom. The van der Waals surface area contributed by atoms with Gasteiger partial charge >= 0.3 is 5.97 Å². The smallest absolute Gasteiger partial charge is 0.338 e. The summed E-state index contributed by atoms with van der Waals surface area (Å²) in [5.41, 5.74) is 11.0. The van der Waals surface area contributed by atoms with Gasteiger partial charge in [0.2, 0.25) is 17.7 Å². The van der Waals surface area contributed by atoms with Crippen LogP contribution in [0.15, 0.2) is 61.3 Å². The number of ether oxygens (including phenoxy) is 1. The van der Waals surface area contributed by atoms with Crippen LogP contribution in [0, 0.1) is 17.3 Å². The van der Waals surface area contributed by atoms with Crippen LogP contribution in [0.5, 0.6) is 0 Å². The summed E-state index contributed by atoms with van der Waals surface area (Å²) in [6.45, 7) is 16.3. The molecule has 0 aliphatic carbocycles. The molecule has 66 heavy (non-hydrogen) atoms. The highest BCUT2D eigenvalue weighted by Crippen LogP contribution is 2.42. The lowest BCUT2D eigenvalue weighted by molar-refractivity contribution is -0.156. The molecule has 3 aliphatic heterocycles. The van der Waals surface area contributed by atoms with E-state index in [4.69, 9.17) is 9.84 Å². The first-order valence-electron chi connectivity index (χ1n) is 23.1. The average Bonchev–Trinajstić information content (AvgIpc) is 3.99. The highest BCUT2D eigenvalue weighted by Gasteiger charge is 2.45. The Kier molecular flexibility index (Phi) is 14.5. The molecule has 2 fully saturated rings. The fourth-order valence-corrected chi connectivity index (χ4v) is 10.8. The van der Waals surface area contributed by atoms with Crippen molar-refractivity contribution in [3.8, 4) is 22.4 Å². The number of cyclic esters (lactones) is 1. The number of likely N-dealkylation sites (N-methyl/N-ethyl adjacent to an activating group) is 1. The van der Waals surface area contributed by atoms with E-state index in [1.807, 2.05) is 43.9 Å². The van der Waals surface area contributed by atoms with E-state index < -0.39 is 44.7 Å². The van der Waals surface area contributed by atoms with Crippen molar-refractivity contribution >= 4 is 63.1 Å². The van der Waals surface area contributed by atoms with Crippen LogP contribution < -0.4 is 10.7 Å². The summed E-state index contributed by atoms with van der Waals surface area (Å²) in [7, 11) is 7.71. The van der Waals surface area contributed by atoms with Crippen molar-refractivity contribution < 1.29 is 28.7 Å². The summed E-state index contributed by atoms with van der Waals surface area (Å²) in [5.74, 6) is -2.59. The van der Waals surface area contributed by atoms with Gasteiger partial charge in [-0.05, 0) is 116 Å². The van der Waals surface area contributed by atoms with Crippen molar-refractivity contribution in [2.75, 3.05) is 47.4 Å². The number of hydrazine groups is 1. The molecule has 7 rings (SSSR count). The lowest BCUT2D eigenvalue weighted by Gasteiger charge is -2.40. The van der Waals surface area contributed by atoms with E-state index in [9.17, 15) is 24.0 Å². The van der Waals surface area contributed by atoms with Gasteiger partial charge in [0.1, 0.15) is 12.1 Å². The number of nitrogens with zero attached hydrogens (tertiary/aromatic N) is 7. The number of amides is 4. The Labute approximate surface area is 402 Å². The number of likely N-dealkylation sites (tertiary alicyclic amines) is 1. The molecular formula is C50H66IN9O6. The molecule has 15 nitrogen and oxygen atoms in total. The summed E-state index contributed by atoms with van der Waals surface area (Å²) in [6.07, 6.45) is 5.40. The lowest BCUT2D eigenvalue weighted by atomic mass is 9.84. The third-order valence-corrected chi connectivity index (χ3v) is 14.5. The Morgan fingerprint density at radius 1 is 1.09 bits per heavy atom. The zero-order valence-corrected chi connectivity index (χ0v) is 42.1. The van der Waals surface area contributed by atoms with Crippen LogP contribution in [0.3, 0.4) is 0 Å². The fourth-order valence-electron chi connectivity index (χ4n) is 9.99. The molecule has 4 aromatic rings. The van der Waals surface area contributed by atoms with E-state index in [1.54, 1.807) is 11.9 Å². The number of nitrogens with one attached hydrogen (secondary N) is 2. The van der Waals surface area contributed by atoms with Crippen molar-refractivity contribution in [3.63, 3.8) is 0 Å². The van der Waals surface area contributed by atoms with Gasteiger partial charge in [0, 0.05) is 75.1 Å². The molecule has 3 aliphatic rings. The Balaban J connectivity index is 1.30. The molecule has 6 bridgehead atoms. The highest BCUT2D eigenvalue weighted by molar-refractivity contribution is 14.1. The maximum Gasteiger partial charge on any atom is 0.338 e. The summed E-state index contributed by atoms with van der Waals surface area (Å²) < 4.78 is 9.30. The fraction of sp³-hybridized carbons (Fsp3) is 0.520. The van der Waals surface area contributed by atoms with Crippen LogP contribution >= 0.6 is 22.6 Å². The van der Waals surface area contributed by atoms with Crippen molar-refractivity contribution in [1.82, 2.24) is 44.8 Å². The monoisotopic (exact) mass is 1020 g/mol. The van der Waals surface area contributed by atoms with Crippen LogP contribution in [0.25, 0.3) is 33.3 Å². The average molecular weight is 1020 g/mol. The van der Waals surface area contributed by atoms with Gasteiger partial charge in [-0.1, -0.05) is 64.6 Å². The largest absolute Gasteiger partial charge is 0.463 e. The Morgan fingerprint density at radius 3 is 2.53 bits per heavy atom. The summed E-state index contributed by atoms with van der Waals surface area (Å²) >= 11 is 2.07. The number of fused-ring (bicyclic) bond motifs is 6. The third kappa shape index (κ3) is 9.96. The molecule has 0 saturated carbocycles. The van der Waals surface area contributed by atoms with Gasteiger partial charge in [0.15, 0.2) is 3.55 Å². The molecule has 2 aromatic carbocycles. The topological polar surface area (TPSA) is 154 Å². The zero-order valence-electron chi connectivity index (χ0n) is 39.9. The highest BCUT2D eigenvalue weighted by atomic mass is 127. The molecule has 0 unspecified atom stereocenters. The first kappa shape index (κ1) is 48.9. The SMILES string of the molecule is C=CC(=O)N1CC[C@H](C(=O)N(C)[C@H](C(=O)N[C@H]2Cc3cccc(c3)-c3ccc4c(c3)c(c(-c3cnn(C)c3CN(C)C)n4CC)CC(C)(C)COC(=O)[C@@]3(I)CCCN(N3)C2=O)C(C)C)C1. The zero-order chi connectivity index (χ0) is 47.8. The normalized spacial score (nSPS) is 21.8. The second-order valence-corrected chi connectivity index (χ2v) is 21.5. The number of hydrogen-bond donors (Lipinski definition) is 2. The third-order valence-electron chi connectivity index (χ3n) is 13.3. The standard InChI is InChI=1S/C50H66IN9O6/c1-11-42(61)58-22-19-35(28-58)46(63)56(9)43(31(3)4)45(62)53-39-24-32-15-13-16-33(23-32)34-17-18-40-36(25-34)37(44(59(40)12-2)38-27-52-57(10)41(38)29-55(7)8)26-49(5,6)30-66-48(65)50(51)20-14-21-60(54-50)47(39)64/h11,13,15-18,23,25,27,31,35,39,43,54H,1,12,14,19-22,24,26,28-30H2,2-10H3,(H,53,62)/t35-,39-,43-,50+/m0/s1. The van der Waals surface area contributed by atoms with Crippen LogP contribution in [-0.4, -0.2) is 127 Å². The van der Waals surface area contributed by atoms with Crippen molar-refractivity contribution in [2.45, 2.75) is 95.4 Å². The van der Waals surface area contributed by atoms with E-state index in [-0.39, 0.29) is 37.3 Å². The van der Waals surface area contributed by atoms with Crippen LogP contribution in [0.1, 0.15) is 70.7 Å². The van der Waals surface area contributed by atoms with Crippen molar-refractivity contribution in [1.29, 1.82) is 0 Å². The number of aromatic nitrogens is 3. The molecule has 4 atom stereocenters. The van der Waals surface area contributed by atoms with E-state index >= 15 is 0 Å². The molecule has 2 N–H and O–H groups in total. The number of benzene rings is 2. The van der Waals surface area contributed by atoms with E-state index in [0.29, 0.717) is 45.3 Å². The minimum Gasteiger partial charge on any atom is -0.463 e. The first-order chi connectivity index (χ1) is 31.2. The second kappa shape index (κ2) is 19.6. The van der Waals surface area contributed by atoms with Gasteiger partial charge in [0.25, 0.3) is 5.91 Å². The minimum atomic E-state index is -1.24. The number of carbonyl (C=O) groups excluding carboxylic acids is 5. The second-order valence-electron chi connectivity index (χ2n) is 19.7. The lowest BCUT2D eigenvalue weighted by Crippen LogP contribution is -2.65. The number of alkyl halides is 1. The number of halogens is 1. The summed E-state index contributed by atoms with van der Waals surface area (Å²) in [4.78, 5) is 75.1. The van der Waals surface area contributed by atoms with Gasteiger partial charge in [-0.3, -0.25) is 28.9 Å². The molecule has 16 heteroatoms. The van der Waals surface area contributed by atoms with E-state index in [0.717, 1.165) is 56.7 Å². The van der Waals surface area contributed by atoms with E-state index in [2.05, 4.69) is 115 Å². The van der Waals surface area contributed by atoms with Gasteiger partial charge in [-0.25, -0.2) is 10.2 Å². The van der Waals surface area contributed by atoms with E-state index in [1.165, 1.54) is 16.0 Å². The quantitative estimate of drug-likeness (QED) is 0.0668. The molecule has 0 spiro atoms. The molecule has 0 radical (unpaired) electrons. The molecule has 5 heterocycles. The number of carbonyl (C=O) groups is 5.